The Labute approximate surface area is 122 Å². The van der Waals surface area contributed by atoms with E-state index >= 15 is 0 Å². The highest BCUT2D eigenvalue weighted by Gasteiger charge is 2.16. The molecule has 2 heterocycles. The van der Waals surface area contributed by atoms with Crippen molar-refractivity contribution < 1.29 is 4.52 Å². The molecule has 0 aliphatic carbocycles. The zero-order valence-electron chi connectivity index (χ0n) is 12.0. The topological polar surface area (TPSA) is 68.8 Å². The molecule has 0 saturated heterocycles. The molecule has 21 heavy (non-hydrogen) atoms. The molecule has 0 aliphatic rings. The van der Waals surface area contributed by atoms with Gasteiger partial charge in [0.1, 0.15) is 5.69 Å². The van der Waals surface area contributed by atoms with Crippen LogP contribution < -0.4 is 5.32 Å². The highest BCUT2D eigenvalue weighted by molar-refractivity contribution is 5.46. The predicted octanol–water partition coefficient (Wildman–Crippen LogP) is 1.97. The van der Waals surface area contributed by atoms with Crippen LogP contribution in [0.15, 0.2) is 47.1 Å². The van der Waals surface area contributed by atoms with Crippen molar-refractivity contribution in [3.8, 4) is 11.5 Å². The maximum Gasteiger partial charge on any atom is 0.228 e. The average Bonchev–Trinajstić information content (AvgIpc) is 3.14. The van der Waals surface area contributed by atoms with Crippen molar-refractivity contribution in [2.24, 2.45) is 7.05 Å². The number of hydrogen-bond donors (Lipinski definition) is 1. The molecule has 108 valence electrons. The van der Waals surface area contributed by atoms with E-state index in [-0.39, 0.29) is 6.04 Å². The first-order chi connectivity index (χ1) is 10.3. The van der Waals surface area contributed by atoms with Gasteiger partial charge in [0.05, 0.1) is 0 Å². The molecule has 0 spiro atoms. The Morgan fingerprint density at radius 2 is 2.05 bits per heavy atom. The second-order valence-electron chi connectivity index (χ2n) is 4.84. The van der Waals surface area contributed by atoms with E-state index in [1.807, 2.05) is 44.6 Å². The lowest BCUT2D eigenvalue weighted by molar-refractivity contribution is 0.362. The fourth-order valence-electron chi connectivity index (χ4n) is 2.22. The SMILES string of the molecule is CNC(Cc1nc(-c2ccn(C)n2)no1)c1ccccc1. The van der Waals surface area contributed by atoms with Gasteiger partial charge in [-0.15, -0.1) is 0 Å². The molecule has 2 aromatic heterocycles. The van der Waals surface area contributed by atoms with Gasteiger partial charge in [0.25, 0.3) is 0 Å². The Hall–Kier alpha value is -2.47. The molecular formula is C15H17N5O. The molecule has 0 aliphatic heterocycles. The molecule has 1 unspecified atom stereocenters. The highest BCUT2D eigenvalue weighted by Crippen LogP contribution is 2.19. The molecule has 0 fully saturated rings. The summed E-state index contributed by atoms with van der Waals surface area (Å²) in [6, 6.07) is 12.2. The van der Waals surface area contributed by atoms with Crippen LogP contribution in [0.4, 0.5) is 0 Å². The van der Waals surface area contributed by atoms with E-state index in [1.54, 1.807) is 4.68 Å². The zero-order valence-corrected chi connectivity index (χ0v) is 12.0. The van der Waals surface area contributed by atoms with Gasteiger partial charge in [-0.3, -0.25) is 4.68 Å². The van der Waals surface area contributed by atoms with Gasteiger partial charge in [-0.25, -0.2) is 0 Å². The summed E-state index contributed by atoms with van der Waals surface area (Å²) in [4.78, 5) is 4.41. The maximum absolute atomic E-state index is 5.33. The predicted molar refractivity (Wildman–Crippen MR) is 78.4 cm³/mol. The first-order valence-electron chi connectivity index (χ1n) is 6.81. The molecule has 0 radical (unpaired) electrons. The van der Waals surface area contributed by atoms with E-state index < -0.39 is 0 Å². The molecule has 1 N–H and O–H groups in total. The van der Waals surface area contributed by atoms with Crippen LogP contribution in [0.25, 0.3) is 11.5 Å². The Balaban J connectivity index is 1.77. The van der Waals surface area contributed by atoms with Crippen molar-refractivity contribution >= 4 is 0 Å². The van der Waals surface area contributed by atoms with E-state index in [4.69, 9.17) is 4.52 Å². The summed E-state index contributed by atoms with van der Waals surface area (Å²) in [5, 5.41) is 11.5. The minimum atomic E-state index is 0.142. The average molecular weight is 283 g/mol. The number of nitrogens with zero attached hydrogens (tertiary/aromatic N) is 4. The number of nitrogens with one attached hydrogen (secondary N) is 1. The Bertz CT molecular complexity index is 704. The molecule has 1 aromatic carbocycles. The monoisotopic (exact) mass is 283 g/mol. The van der Waals surface area contributed by atoms with Crippen molar-refractivity contribution in [1.29, 1.82) is 0 Å². The number of rotatable bonds is 5. The van der Waals surface area contributed by atoms with Gasteiger partial charge < -0.3 is 9.84 Å². The number of likely N-dealkylation sites (N-methyl/N-ethyl adjacent to an activating group) is 1. The Morgan fingerprint density at radius 3 is 2.71 bits per heavy atom. The third-order valence-corrected chi connectivity index (χ3v) is 3.34. The highest BCUT2D eigenvalue weighted by atomic mass is 16.5. The van der Waals surface area contributed by atoms with Crippen molar-refractivity contribution in [1.82, 2.24) is 25.2 Å². The van der Waals surface area contributed by atoms with E-state index in [0.29, 0.717) is 23.8 Å². The molecule has 0 bridgehead atoms. The van der Waals surface area contributed by atoms with E-state index in [1.165, 1.54) is 5.56 Å². The molecule has 3 rings (SSSR count). The lowest BCUT2D eigenvalue weighted by Crippen LogP contribution is -2.18. The third-order valence-electron chi connectivity index (χ3n) is 3.34. The second-order valence-corrected chi connectivity index (χ2v) is 4.84. The molecule has 1 atom stereocenters. The van der Waals surface area contributed by atoms with Gasteiger partial charge in [0, 0.05) is 25.7 Å². The van der Waals surface area contributed by atoms with Crippen LogP contribution >= 0.6 is 0 Å². The van der Waals surface area contributed by atoms with Gasteiger partial charge in [0.15, 0.2) is 0 Å². The summed E-state index contributed by atoms with van der Waals surface area (Å²) in [5.74, 6) is 1.12. The number of aryl methyl sites for hydroxylation is 1. The van der Waals surface area contributed by atoms with Crippen LogP contribution in [0.3, 0.4) is 0 Å². The van der Waals surface area contributed by atoms with Crippen molar-refractivity contribution in [3.05, 3.63) is 54.0 Å². The van der Waals surface area contributed by atoms with Crippen molar-refractivity contribution in [2.75, 3.05) is 7.05 Å². The standard InChI is InChI=1S/C15H17N5O/c1-16-13(11-6-4-3-5-7-11)10-14-17-15(19-21-14)12-8-9-20(2)18-12/h3-9,13,16H,10H2,1-2H3. The molecule has 6 nitrogen and oxygen atoms in total. The maximum atomic E-state index is 5.33. The number of benzene rings is 1. The van der Waals surface area contributed by atoms with Gasteiger partial charge in [-0.1, -0.05) is 35.5 Å². The molecule has 3 aromatic rings. The summed E-state index contributed by atoms with van der Waals surface area (Å²) in [7, 11) is 3.78. The van der Waals surface area contributed by atoms with Gasteiger partial charge >= 0.3 is 0 Å². The number of hydrogen-bond acceptors (Lipinski definition) is 5. The molecular weight excluding hydrogens is 266 g/mol. The lowest BCUT2D eigenvalue weighted by atomic mass is 10.0. The lowest BCUT2D eigenvalue weighted by Gasteiger charge is -2.13. The van der Waals surface area contributed by atoms with Crippen molar-refractivity contribution in [2.45, 2.75) is 12.5 Å². The summed E-state index contributed by atoms with van der Waals surface area (Å²) >= 11 is 0. The Morgan fingerprint density at radius 1 is 1.24 bits per heavy atom. The summed E-state index contributed by atoms with van der Waals surface area (Å²) in [5.41, 5.74) is 1.91. The Kier molecular flexibility index (Phi) is 3.79. The summed E-state index contributed by atoms with van der Waals surface area (Å²) in [6.07, 6.45) is 2.49. The van der Waals surface area contributed by atoms with Crippen LogP contribution in [0.2, 0.25) is 0 Å². The van der Waals surface area contributed by atoms with Crippen LogP contribution in [-0.4, -0.2) is 27.0 Å². The summed E-state index contributed by atoms with van der Waals surface area (Å²) < 4.78 is 7.05. The van der Waals surface area contributed by atoms with Crippen LogP contribution in [0.5, 0.6) is 0 Å². The van der Waals surface area contributed by atoms with E-state index in [2.05, 4.69) is 32.7 Å². The molecule has 6 heteroatoms. The van der Waals surface area contributed by atoms with Gasteiger partial charge in [-0.2, -0.15) is 10.1 Å². The van der Waals surface area contributed by atoms with E-state index in [0.717, 1.165) is 0 Å². The summed E-state index contributed by atoms with van der Waals surface area (Å²) in [6.45, 7) is 0. The molecule has 0 saturated carbocycles. The number of aromatic nitrogens is 4. The smallest absolute Gasteiger partial charge is 0.228 e. The normalized spacial score (nSPS) is 12.5. The van der Waals surface area contributed by atoms with Crippen LogP contribution in [0.1, 0.15) is 17.5 Å². The second kappa shape index (κ2) is 5.88. The largest absolute Gasteiger partial charge is 0.339 e. The minimum Gasteiger partial charge on any atom is -0.339 e. The quantitative estimate of drug-likeness (QED) is 0.775. The van der Waals surface area contributed by atoms with Crippen LogP contribution in [0, 0.1) is 0 Å². The minimum absolute atomic E-state index is 0.142. The van der Waals surface area contributed by atoms with Crippen LogP contribution in [-0.2, 0) is 13.5 Å². The zero-order chi connectivity index (χ0) is 14.7. The molecule has 0 amide bonds. The van der Waals surface area contributed by atoms with Gasteiger partial charge in [0.2, 0.25) is 11.7 Å². The fourth-order valence-corrected chi connectivity index (χ4v) is 2.22. The van der Waals surface area contributed by atoms with Gasteiger partial charge in [-0.05, 0) is 18.7 Å². The van der Waals surface area contributed by atoms with E-state index in [9.17, 15) is 0 Å². The van der Waals surface area contributed by atoms with Crippen molar-refractivity contribution in [3.63, 3.8) is 0 Å². The fraction of sp³-hybridized carbons (Fsp3) is 0.267. The first kappa shape index (κ1) is 13.5. The first-order valence-corrected chi connectivity index (χ1v) is 6.81. The third kappa shape index (κ3) is 3.00.